The molecule has 1 atom stereocenters. The average molecular weight is 261 g/mol. The molecule has 0 aliphatic rings. The molecule has 0 aliphatic heterocycles. The number of carboxylic acid groups (broad SMARTS) is 1. The number of hydrogen-bond donors (Lipinski definition) is 2. The molecule has 0 saturated heterocycles. The molecule has 0 saturated carbocycles. The molecule has 0 bridgehead atoms. The van der Waals surface area contributed by atoms with Crippen LogP contribution in [0.25, 0.3) is 0 Å². The Bertz CT molecular complexity index is 335. The van der Waals surface area contributed by atoms with Crippen molar-refractivity contribution < 1.29 is 24.3 Å². The minimum atomic E-state index is -1.23. The first-order valence-corrected chi connectivity index (χ1v) is 5.42. The van der Waals surface area contributed by atoms with Crippen molar-refractivity contribution in [2.75, 3.05) is 13.6 Å². The number of hydrogen-bond acceptors (Lipinski definition) is 5. The molecule has 8 nitrogen and oxygen atoms in total. The zero-order chi connectivity index (χ0) is 14.3. The van der Waals surface area contributed by atoms with E-state index < -0.39 is 23.7 Å². The van der Waals surface area contributed by atoms with Gasteiger partial charge in [0.1, 0.15) is 11.6 Å². The van der Waals surface area contributed by atoms with E-state index in [0.717, 1.165) is 0 Å². The Morgan fingerprint density at radius 1 is 1.50 bits per heavy atom. The number of alkyl carbamates (subject to hydrolysis) is 1. The molecule has 0 aromatic carbocycles. The smallest absolute Gasteiger partial charge is 0.408 e. The summed E-state index contributed by atoms with van der Waals surface area (Å²) >= 11 is 0. The third-order valence-electron chi connectivity index (χ3n) is 1.82. The van der Waals surface area contributed by atoms with Crippen molar-refractivity contribution in [2.45, 2.75) is 38.8 Å². The molecule has 104 valence electrons. The molecule has 0 aromatic rings. The lowest BCUT2D eigenvalue weighted by Crippen LogP contribution is -2.44. The molecule has 8 heteroatoms. The van der Waals surface area contributed by atoms with Gasteiger partial charge in [-0.05, 0) is 25.9 Å². The summed E-state index contributed by atoms with van der Waals surface area (Å²) in [5.41, 5.74) is -0.712. The van der Waals surface area contributed by atoms with E-state index in [2.05, 4.69) is 10.4 Å². The summed E-state index contributed by atoms with van der Waals surface area (Å²) in [5, 5.41) is 25.2. The Morgan fingerprint density at radius 3 is 2.44 bits per heavy atom. The van der Waals surface area contributed by atoms with Gasteiger partial charge in [0.05, 0.1) is 7.05 Å². The SMILES string of the molecule is CN=[N+]([O-])CC[C@H](NC(=O)OC(C)(C)C)C(=O)O. The van der Waals surface area contributed by atoms with Gasteiger partial charge in [-0.15, -0.1) is 0 Å². The van der Waals surface area contributed by atoms with Gasteiger partial charge in [0.25, 0.3) is 0 Å². The lowest BCUT2D eigenvalue weighted by molar-refractivity contribution is -0.529. The normalized spacial score (nSPS) is 13.9. The number of carboxylic acids is 1. The van der Waals surface area contributed by atoms with Crippen molar-refractivity contribution in [1.82, 2.24) is 5.32 Å². The number of aliphatic carboxylic acids is 1. The van der Waals surface area contributed by atoms with Crippen LogP contribution in [0.3, 0.4) is 0 Å². The summed E-state index contributed by atoms with van der Waals surface area (Å²) < 4.78 is 4.92. The maximum Gasteiger partial charge on any atom is 0.408 e. The molecule has 0 heterocycles. The van der Waals surface area contributed by atoms with Gasteiger partial charge in [-0.25, -0.2) is 9.59 Å². The van der Waals surface area contributed by atoms with Gasteiger partial charge >= 0.3 is 12.1 Å². The second kappa shape index (κ2) is 6.77. The summed E-state index contributed by atoms with van der Waals surface area (Å²) in [6.45, 7) is 4.87. The van der Waals surface area contributed by atoms with E-state index in [1.54, 1.807) is 20.8 Å². The summed E-state index contributed by atoms with van der Waals surface area (Å²) in [6.07, 6.45) is -0.893. The topological polar surface area (TPSA) is 114 Å². The van der Waals surface area contributed by atoms with Crippen LogP contribution in [0.4, 0.5) is 4.79 Å². The highest BCUT2D eigenvalue weighted by Gasteiger charge is 2.24. The molecule has 0 rings (SSSR count). The fourth-order valence-corrected chi connectivity index (χ4v) is 1.05. The maximum atomic E-state index is 11.4. The molecule has 0 fully saturated rings. The average Bonchev–Trinajstić information content (AvgIpc) is 2.20. The monoisotopic (exact) mass is 261 g/mol. The van der Waals surface area contributed by atoms with Crippen LogP contribution >= 0.6 is 0 Å². The number of nitrogens with one attached hydrogen (secondary N) is 1. The van der Waals surface area contributed by atoms with Crippen molar-refractivity contribution in [3.63, 3.8) is 0 Å². The van der Waals surface area contributed by atoms with Crippen molar-refractivity contribution >= 4 is 12.1 Å². The third kappa shape index (κ3) is 7.42. The number of ether oxygens (including phenoxy) is 1. The van der Waals surface area contributed by atoms with Crippen LogP contribution in [0, 0.1) is 5.21 Å². The summed E-state index contributed by atoms with van der Waals surface area (Å²) in [6, 6.07) is -1.18. The zero-order valence-corrected chi connectivity index (χ0v) is 11.0. The predicted molar refractivity (Wildman–Crippen MR) is 62.3 cm³/mol. The Hall–Kier alpha value is -1.86. The van der Waals surface area contributed by atoms with E-state index in [1.807, 2.05) is 0 Å². The zero-order valence-electron chi connectivity index (χ0n) is 11.0. The number of azo groups is 1. The summed E-state index contributed by atoms with van der Waals surface area (Å²) in [4.78, 5) is 22.6. The van der Waals surface area contributed by atoms with Crippen LogP contribution in [0.1, 0.15) is 27.2 Å². The van der Waals surface area contributed by atoms with Crippen LogP contribution in [0.2, 0.25) is 0 Å². The van der Waals surface area contributed by atoms with Gasteiger partial charge in [-0.1, -0.05) is 4.86 Å². The number of hydroxylamine groups is 1. The number of amides is 1. The standard InChI is InChI=1S/C10H19N3O5/c1-10(2,3)18-9(16)12-7(8(14)15)5-6-13(17)11-4/h7H,5-6H2,1-4H3,(H,12,16)(H,14,15)/t7-/m0/s1. The number of carbonyl (C=O) groups is 2. The molecule has 18 heavy (non-hydrogen) atoms. The maximum absolute atomic E-state index is 11.4. The van der Waals surface area contributed by atoms with Crippen LogP contribution < -0.4 is 5.32 Å². The molecule has 1 amide bonds. The largest absolute Gasteiger partial charge is 0.600 e. The Kier molecular flexibility index (Phi) is 6.07. The third-order valence-corrected chi connectivity index (χ3v) is 1.82. The van der Waals surface area contributed by atoms with Gasteiger partial charge < -0.3 is 20.4 Å². The first-order valence-electron chi connectivity index (χ1n) is 5.42. The number of nitrogens with zero attached hydrogens (tertiary/aromatic N) is 2. The Balaban J connectivity index is 4.37. The van der Waals surface area contributed by atoms with E-state index in [4.69, 9.17) is 9.84 Å². The second-order valence-electron chi connectivity index (χ2n) is 4.60. The molecule has 0 aromatic heterocycles. The van der Waals surface area contributed by atoms with Crippen LogP contribution in [-0.4, -0.2) is 47.3 Å². The van der Waals surface area contributed by atoms with Crippen molar-refractivity contribution in [2.24, 2.45) is 5.11 Å². The van der Waals surface area contributed by atoms with Crippen LogP contribution in [0.5, 0.6) is 0 Å². The first-order chi connectivity index (χ1) is 8.15. The van der Waals surface area contributed by atoms with Gasteiger partial charge in [0, 0.05) is 6.42 Å². The highest BCUT2D eigenvalue weighted by molar-refractivity contribution is 5.79. The molecular formula is C10H19N3O5. The fraction of sp³-hybridized carbons (Fsp3) is 0.800. The second-order valence-corrected chi connectivity index (χ2v) is 4.60. The van der Waals surface area contributed by atoms with Gasteiger partial charge in [0.2, 0.25) is 0 Å². The molecule has 0 radical (unpaired) electrons. The van der Waals surface area contributed by atoms with Gasteiger partial charge in [0.15, 0.2) is 6.54 Å². The Morgan fingerprint density at radius 2 is 2.06 bits per heavy atom. The summed E-state index contributed by atoms with van der Waals surface area (Å²) in [7, 11) is 1.30. The highest BCUT2D eigenvalue weighted by atomic mass is 16.6. The van der Waals surface area contributed by atoms with Gasteiger partial charge in [-0.3, -0.25) is 0 Å². The van der Waals surface area contributed by atoms with E-state index in [9.17, 15) is 14.8 Å². The lowest BCUT2D eigenvalue weighted by Gasteiger charge is -2.21. The summed E-state index contributed by atoms with van der Waals surface area (Å²) in [5.74, 6) is -1.23. The molecule has 0 unspecified atom stereocenters. The molecular weight excluding hydrogens is 242 g/mol. The number of rotatable bonds is 5. The fourth-order valence-electron chi connectivity index (χ4n) is 1.05. The molecule has 0 aliphatic carbocycles. The van der Waals surface area contributed by atoms with Crippen molar-refractivity contribution in [1.29, 1.82) is 0 Å². The van der Waals surface area contributed by atoms with E-state index in [1.165, 1.54) is 7.05 Å². The van der Waals surface area contributed by atoms with Crippen LogP contribution in [0.15, 0.2) is 5.11 Å². The van der Waals surface area contributed by atoms with E-state index >= 15 is 0 Å². The quantitative estimate of drug-likeness (QED) is 0.434. The highest BCUT2D eigenvalue weighted by Crippen LogP contribution is 2.07. The first kappa shape index (κ1) is 16.1. The van der Waals surface area contributed by atoms with E-state index in [-0.39, 0.29) is 13.0 Å². The Labute approximate surface area is 105 Å². The predicted octanol–water partition coefficient (Wildman–Crippen LogP) is 0.947. The van der Waals surface area contributed by atoms with Crippen molar-refractivity contribution in [3.8, 4) is 0 Å². The van der Waals surface area contributed by atoms with Gasteiger partial charge in [-0.2, -0.15) is 0 Å². The minimum Gasteiger partial charge on any atom is -0.600 e. The van der Waals surface area contributed by atoms with E-state index in [0.29, 0.717) is 4.86 Å². The molecule has 2 N–H and O–H groups in total. The number of carbonyl (C=O) groups excluding carboxylic acids is 1. The van der Waals surface area contributed by atoms with Crippen molar-refractivity contribution in [3.05, 3.63) is 5.21 Å². The van der Waals surface area contributed by atoms with Crippen LogP contribution in [-0.2, 0) is 9.53 Å². The molecule has 0 spiro atoms. The minimum absolute atomic E-state index is 0.0601. The lowest BCUT2D eigenvalue weighted by atomic mass is 10.2.